The normalized spacial score (nSPS) is 11.5. The SMILES string of the molecule is O=S(=O)(O)c1c(F)c(F)c(F)c(F)c1-c1c(F)c(F)c(F)c(F)c1F.[InH3]. The van der Waals surface area contributed by atoms with Crippen LogP contribution in [0.15, 0.2) is 4.90 Å². The molecule has 0 amide bonds. The van der Waals surface area contributed by atoms with Crippen molar-refractivity contribution in [1.82, 2.24) is 0 Å². The zero-order chi connectivity index (χ0) is 19.4. The molecule has 0 spiro atoms. The Morgan fingerprint density at radius 1 is 0.500 bits per heavy atom. The molecule has 0 saturated heterocycles. The van der Waals surface area contributed by atoms with Gasteiger partial charge in [0.25, 0.3) is 10.1 Å². The van der Waals surface area contributed by atoms with E-state index in [9.17, 15) is 47.9 Å². The molecule has 0 aliphatic carbocycles. The van der Waals surface area contributed by atoms with Gasteiger partial charge in [0.15, 0.2) is 46.5 Å². The molecule has 26 heavy (non-hydrogen) atoms. The van der Waals surface area contributed by atoms with Gasteiger partial charge in [-0.2, -0.15) is 8.42 Å². The van der Waals surface area contributed by atoms with Crippen LogP contribution in [0, 0.1) is 52.4 Å². The summed E-state index contributed by atoms with van der Waals surface area (Å²) < 4.78 is 151. The fraction of sp³-hybridized carbons (Fsp3) is 0. The third kappa shape index (κ3) is 3.29. The Morgan fingerprint density at radius 2 is 0.769 bits per heavy atom. The zero-order valence-electron chi connectivity index (χ0n) is 11.1. The van der Waals surface area contributed by atoms with E-state index in [0.717, 1.165) is 0 Å². The third-order valence-electron chi connectivity index (χ3n) is 2.94. The van der Waals surface area contributed by atoms with Crippen LogP contribution >= 0.6 is 0 Å². The number of hydrogen-bond donors (Lipinski definition) is 1. The molecule has 2 aromatic rings. The summed E-state index contributed by atoms with van der Waals surface area (Å²) in [6, 6.07) is 0. The van der Waals surface area contributed by atoms with E-state index in [1.807, 2.05) is 0 Å². The van der Waals surface area contributed by atoms with Gasteiger partial charge in [0, 0.05) is 0 Å². The average molecular weight is 514 g/mol. The Morgan fingerprint density at radius 3 is 1.12 bits per heavy atom. The van der Waals surface area contributed by atoms with Gasteiger partial charge in [-0.3, -0.25) is 4.55 Å². The van der Waals surface area contributed by atoms with Crippen LogP contribution in [0.1, 0.15) is 0 Å². The molecule has 0 atom stereocenters. The van der Waals surface area contributed by atoms with Crippen LogP contribution in [0.25, 0.3) is 11.1 Å². The number of hydrogen-bond acceptors (Lipinski definition) is 2. The molecule has 0 unspecified atom stereocenters. The van der Waals surface area contributed by atoms with Crippen molar-refractivity contribution in [3.63, 3.8) is 0 Å². The zero-order valence-corrected chi connectivity index (χ0v) is 11.9. The van der Waals surface area contributed by atoms with Crippen LogP contribution in [0.5, 0.6) is 0 Å². The summed E-state index contributed by atoms with van der Waals surface area (Å²) in [6.07, 6.45) is 0. The first kappa shape index (κ1) is 22.6. The first-order valence-electron chi connectivity index (χ1n) is 5.67. The molecule has 0 aliphatic rings. The van der Waals surface area contributed by atoms with E-state index in [2.05, 4.69) is 0 Å². The molecule has 2 aromatic carbocycles. The molecule has 0 bridgehead atoms. The van der Waals surface area contributed by atoms with Crippen LogP contribution in [-0.4, -0.2) is 38.8 Å². The van der Waals surface area contributed by atoms with E-state index >= 15 is 0 Å². The van der Waals surface area contributed by atoms with E-state index in [-0.39, 0.29) is 25.8 Å². The van der Waals surface area contributed by atoms with E-state index in [1.54, 1.807) is 0 Å². The van der Waals surface area contributed by atoms with Crippen molar-refractivity contribution in [3.05, 3.63) is 52.4 Å². The fourth-order valence-corrected chi connectivity index (χ4v) is 2.67. The second-order valence-corrected chi connectivity index (χ2v) is 5.74. The molecular formula is C12H4F9InO3S. The van der Waals surface area contributed by atoms with Gasteiger partial charge in [-0.15, -0.1) is 0 Å². The van der Waals surface area contributed by atoms with Gasteiger partial charge < -0.3 is 0 Å². The van der Waals surface area contributed by atoms with Gasteiger partial charge in [0.2, 0.25) is 5.82 Å². The quantitative estimate of drug-likeness (QED) is 0.291. The monoisotopic (exact) mass is 514 g/mol. The van der Waals surface area contributed by atoms with Crippen LogP contribution in [0.2, 0.25) is 0 Å². The summed E-state index contributed by atoms with van der Waals surface area (Å²) >= 11 is 0. The molecule has 2 rings (SSSR count). The van der Waals surface area contributed by atoms with Crippen molar-refractivity contribution >= 4 is 36.0 Å². The Kier molecular flexibility index (Phi) is 6.36. The van der Waals surface area contributed by atoms with Gasteiger partial charge in [-0.05, 0) is 0 Å². The van der Waals surface area contributed by atoms with Crippen molar-refractivity contribution in [2.24, 2.45) is 0 Å². The van der Waals surface area contributed by atoms with Crippen molar-refractivity contribution in [3.8, 4) is 11.1 Å². The molecule has 0 saturated carbocycles. The molecule has 14 heteroatoms. The first-order valence-corrected chi connectivity index (χ1v) is 7.11. The molecule has 0 fully saturated rings. The second kappa shape index (κ2) is 7.31. The third-order valence-corrected chi connectivity index (χ3v) is 3.84. The summed E-state index contributed by atoms with van der Waals surface area (Å²) in [6.45, 7) is 0. The topological polar surface area (TPSA) is 54.4 Å². The van der Waals surface area contributed by atoms with Gasteiger partial charge >= 0.3 is 25.8 Å². The van der Waals surface area contributed by atoms with Gasteiger partial charge in [-0.1, -0.05) is 0 Å². The van der Waals surface area contributed by atoms with Crippen molar-refractivity contribution in [2.75, 3.05) is 0 Å². The Balaban J connectivity index is 0.00000338. The molecule has 142 valence electrons. The molecular weight excluding hydrogens is 510 g/mol. The fourth-order valence-electron chi connectivity index (χ4n) is 1.90. The molecule has 0 radical (unpaired) electrons. The predicted octanol–water partition coefficient (Wildman–Crippen LogP) is 2.67. The second-order valence-electron chi connectivity index (χ2n) is 4.38. The number of halogens is 9. The van der Waals surface area contributed by atoms with E-state index in [4.69, 9.17) is 4.55 Å². The molecule has 0 heterocycles. The molecule has 0 aliphatic heterocycles. The van der Waals surface area contributed by atoms with Crippen molar-refractivity contribution in [2.45, 2.75) is 4.90 Å². The van der Waals surface area contributed by atoms with E-state index < -0.39 is 78.5 Å². The molecule has 3 nitrogen and oxygen atoms in total. The average Bonchev–Trinajstić information content (AvgIpc) is 2.52. The Hall–Kier alpha value is -1.41. The van der Waals surface area contributed by atoms with Crippen LogP contribution in [0.4, 0.5) is 39.5 Å². The van der Waals surface area contributed by atoms with E-state index in [0.29, 0.717) is 0 Å². The minimum atomic E-state index is -6.04. The van der Waals surface area contributed by atoms with Crippen LogP contribution in [0.3, 0.4) is 0 Å². The molecule has 1 N–H and O–H groups in total. The van der Waals surface area contributed by atoms with Crippen LogP contribution in [-0.2, 0) is 10.1 Å². The first-order chi connectivity index (χ1) is 11.3. The standard InChI is InChI=1S/C12HF9O3S.In.3H/c13-3-1(4(14)7(17)9(19)6(3)16)2-5(15)8(18)10(20)11(21)12(2)25(22,23)24;;;;/h(H,22,23,24);;;;. The van der Waals surface area contributed by atoms with Gasteiger partial charge in [0.1, 0.15) is 4.90 Å². The summed E-state index contributed by atoms with van der Waals surface area (Å²) in [5.41, 5.74) is -4.83. The summed E-state index contributed by atoms with van der Waals surface area (Å²) in [7, 11) is -6.04. The van der Waals surface area contributed by atoms with Crippen molar-refractivity contribution in [1.29, 1.82) is 0 Å². The Labute approximate surface area is 157 Å². The number of rotatable bonds is 2. The summed E-state index contributed by atoms with van der Waals surface area (Å²) in [4.78, 5) is -2.55. The number of benzene rings is 2. The molecule has 0 aromatic heterocycles. The summed E-state index contributed by atoms with van der Waals surface area (Å²) in [5.74, 6) is -25.2. The summed E-state index contributed by atoms with van der Waals surface area (Å²) in [5, 5.41) is 0. The maximum absolute atomic E-state index is 13.8. The van der Waals surface area contributed by atoms with Gasteiger partial charge in [-0.25, -0.2) is 39.5 Å². The minimum absolute atomic E-state index is 0. The van der Waals surface area contributed by atoms with Gasteiger partial charge in [0.05, 0.1) is 11.1 Å². The predicted molar refractivity (Wildman–Crippen MR) is 71.3 cm³/mol. The Bertz CT molecular complexity index is 995. The van der Waals surface area contributed by atoms with E-state index in [1.165, 1.54) is 0 Å². The van der Waals surface area contributed by atoms with Crippen LogP contribution < -0.4 is 0 Å². The maximum atomic E-state index is 13.8. The van der Waals surface area contributed by atoms with Crippen molar-refractivity contribution < 1.29 is 52.5 Å².